The number of carbonyl (C=O) groups excluding carboxylic acids is 2. The van der Waals surface area contributed by atoms with Gasteiger partial charge in [-0.3, -0.25) is 14.5 Å². The molecule has 2 heterocycles. The zero-order valence-corrected chi connectivity index (χ0v) is 23.3. The quantitative estimate of drug-likeness (QED) is 0.278. The topological polar surface area (TPSA) is 105 Å². The number of hydrogen-bond donors (Lipinski definition) is 2. The van der Waals surface area contributed by atoms with Crippen LogP contribution in [0.3, 0.4) is 0 Å². The SMILES string of the molecule is CC(=O)Nc1ncc(-c2cn(-c3cc(C(=O)Nc4cc(CN(C)C(C)C)cc(C(F)(F)F)c4)ccc3C)nn2)s1. The second-order valence-electron chi connectivity index (χ2n) is 9.64. The van der Waals surface area contributed by atoms with Crippen LogP contribution in [0.1, 0.15) is 47.8 Å². The van der Waals surface area contributed by atoms with Gasteiger partial charge >= 0.3 is 6.18 Å². The third kappa shape index (κ3) is 6.90. The molecule has 0 bridgehead atoms. The fourth-order valence-corrected chi connectivity index (χ4v) is 4.60. The van der Waals surface area contributed by atoms with Gasteiger partial charge in [0.2, 0.25) is 5.91 Å². The van der Waals surface area contributed by atoms with E-state index in [1.165, 1.54) is 22.9 Å². The van der Waals surface area contributed by atoms with Gasteiger partial charge in [0.1, 0.15) is 5.69 Å². The molecule has 0 aliphatic carbocycles. The summed E-state index contributed by atoms with van der Waals surface area (Å²) in [7, 11) is 1.82. The number of benzene rings is 2. The van der Waals surface area contributed by atoms with E-state index in [4.69, 9.17) is 0 Å². The Labute approximate surface area is 233 Å². The number of alkyl halides is 3. The third-order valence-electron chi connectivity index (χ3n) is 6.14. The lowest BCUT2D eigenvalue weighted by atomic mass is 10.1. The van der Waals surface area contributed by atoms with Crippen molar-refractivity contribution in [1.82, 2.24) is 24.9 Å². The minimum absolute atomic E-state index is 0.0531. The average molecular weight is 572 g/mol. The lowest BCUT2D eigenvalue weighted by Crippen LogP contribution is -2.26. The Hall–Kier alpha value is -4.10. The van der Waals surface area contributed by atoms with Crippen LogP contribution >= 0.6 is 11.3 Å². The van der Waals surface area contributed by atoms with Gasteiger partial charge in [0.05, 0.1) is 22.3 Å². The summed E-state index contributed by atoms with van der Waals surface area (Å²) >= 11 is 1.24. The van der Waals surface area contributed by atoms with Crippen molar-refractivity contribution in [3.05, 3.63) is 71.0 Å². The smallest absolute Gasteiger partial charge is 0.322 e. The number of hydrogen-bond acceptors (Lipinski definition) is 7. The maximum atomic E-state index is 13.6. The van der Waals surface area contributed by atoms with Gasteiger partial charge in [-0.1, -0.05) is 22.6 Å². The number of amides is 2. The summed E-state index contributed by atoms with van der Waals surface area (Å²) in [5.41, 5.74) is 1.79. The van der Waals surface area contributed by atoms with Gasteiger partial charge in [0.25, 0.3) is 5.91 Å². The number of rotatable bonds is 8. The summed E-state index contributed by atoms with van der Waals surface area (Å²) in [6.45, 7) is 7.41. The van der Waals surface area contributed by atoms with E-state index in [9.17, 15) is 22.8 Å². The van der Waals surface area contributed by atoms with E-state index in [-0.39, 0.29) is 23.2 Å². The van der Waals surface area contributed by atoms with Gasteiger partial charge in [-0.15, -0.1) is 5.10 Å². The number of nitrogens with zero attached hydrogens (tertiary/aromatic N) is 5. The largest absolute Gasteiger partial charge is 0.416 e. The van der Waals surface area contributed by atoms with E-state index in [2.05, 4.69) is 25.9 Å². The van der Waals surface area contributed by atoms with E-state index >= 15 is 0 Å². The fourth-order valence-electron chi connectivity index (χ4n) is 3.79. The van der Waals surface area contributed by atoms with Crippen molar-refractivity contribution < 1.29 is 22.8 Å². The molecule has 2 N–H and O–H groups in total. The predicted octanol–water partition coefficient (Wildman–Crippen LogP) is 5.77. The first-order chi connectivity index (χ1) is 18.8. The highest BCUT2D eigenvalue weighted by Gasteiger charge is 2.31. The van der Waals surface area contributed by atoms with Crippen LogP contribution in [0, 0.1) is 6.92 Å². The molecule has 4 rings (SSSR count). The summed E-state index contributed by atoms with van der Waals surface area (Å²) in [5, 5.41) is 14.0. The second kappa shape index (κ2) is 11.6. The third-order valence-corrected chi connectivity index (χ3v) is 7.08. The van der Waals surface area contributed by atoms with Gasteiger partial charge in [-0.05, 0) is 69.3 Å². The Balaban J connectivity index is 1.59. The summed E-state index contributed by atoms with van der Waals surface area (Å²) in [6.07, 6.45) is -1.32. The lowest BCUT2D eigenvalue weighted by Gasteiger charge is -2.22. The molecule has 2 aromatic carbocycles. The Morgan fingerprint density at radius 1 is 1.12 bits per heavy atom. The monoisotopic (exact) mass is 571 g/mol. The van der Waals surface area contributed by atoms with Crippen molar-refractivity contribution in [2.45, 2.75) is 46.5 Å². The first-order valence-electron chi connectivity index (χ1n) is 12.3. The lowest BCUT2D eigenvalue weighted by molar-refractivity contribution is -0.137. The van der Waals surface area contributed by atoms with Gasteiger partial charge < -0.3 is 10.6 Å². The number of thiazole rings is 1. The number of nitrogens with one attached hydrogen (secondary N) is 2. The minimum atomic E-state index is -4.56. The molecule has 0 saturated heterocycles. The Morgan fingerprint density at radius 2 is 1.88 bits per heavy atom. The van der Waals surface area contributed by atoms with Crippen LogP contribution in [-0.4, -0.2) is 49.8 Å². The predicted molar refractivity (Wildman–Crippen MR) is 148 cm³/mol. The molecule has 0 atom stereocenters. The van der Waals surface area contributed by atoms with E-state index in [1.54, 1.807) is 36.7 Å². The summed E-state index contributed by atoms with van der Waals surface area (Å²) in [5.74, 6) is -0.800. The molecule has 0 aliphatic heterocycles. The Kier molecular flexibility index (Phi) is 8.35. The van der Waals surface area contributed by atoms with Crippen LogP contribution in [0.25, 0.3) is 16.3 Å². The van der Waals surface area contributed by atoms with Crippen molar-refractivity contribution in [2.24, 2.45) is 0 Å². The number of carbonyl (C=O) groups is 2. The molecule has 9 nitrogen and oxygen atoms in total. The molecule has 0 fully saturated rings. The molecule has 2 aromatic heterocycles. The van der Waals surface area contributed by atoms with E-state index in [0.29, 0.717) is 33.5 Å². The molecule has 13 heteroatoms. The maximum Gasteiger partial charge on any atom is 0.416 e. The molecular weight excluding hydrogens is 543 g/mol. The second-order valence-corrected chi connectivity index (χ2v) is 10.7. The van der Waals surface area contributed by atoms with E-state index < -0.39 is 17.6 Å². The Bertz CT molecular complexity index is 1550. The maximum absolute atomic E-state index is 13.6. The van der Waals surface area contributed by atoms with E-state index in [0.717, 1.165) is 17.7 Å². The first kappa shape index (κ1) is 28.9. The molecule has 0 spiro atoms. The molecule has 40 heavy (non-hydrogen) atoms. The van der Waals surface area contributed by atoms with Crippen LogP contribution in [-0.2, 0) is 17.5 Å². The highest BCUT2D eigenvalue weighted by atomic mass is 32.1. The van der Waals surface area contributed by atoms with Crippen LogP contribution in [0.5, 0.6) is 0 Å². The zero-order chi connectivity index (χ0) is 29.2. The van der Waals surface area contributed by atoms with Crippen molar-refractivity contribution >= 4 is 34.0 Å². The number of aryl methyl sites for hydroxylation is 1. The minimum Gasteiger partial charge on any atom is -0.322 e. The normalized spacial score (nSPS) is 11.8. The number of halogens is 3. The molecule has 0 aliphatic rings. The first-order valence-corrected chi connectivity index (χ1v) is 13.1. The molecule has 210 valence electrons. The van der Waals surface area contributed by atoms with Crippen molar-refractivity contribution in [2.75, 3.05) is 17.7 Å². The van der Waals surface area contributed by atoms with Gasteiger partial charge in [0.15, 0.2) is 5.13 Å². The highest BCUT2D eigenvalue weighted by molar-refractivity contribution is 7.19. The average Bonchev–Trinajstić information content (AvgIpc) is 3.53. The molecular formula is C27H28F3N7O2S. The van der Waals surface area contributed by atoms with Crippen LogP contribution in [0.15, 0.2) is 48.8 Å². The molecule has 2 amide bonds. The zero-order valence-electron chi connectivity index (χ0n) is 22.5. The summed E-state index contributed by atoms with van der Waals surface area (Å²) < 4.78 is 42.3. The highest BCUT2D eigenvalue weighted by Crippen LogP contribution is 2.33. The van der Waals surface area contributed by atoms with Crippen LogP contribution in [0.2, 0.25) is 0 Å². The van der Waals surface area contributed by atoms with Crippen molar-refractivity contribution in [1.29, 1.82) is 0 Å². The molecule has 0 unspecified atom stereocenters. The van der Waals surface area contributed by atoms with Crippen LogP contribution in [0.4, 0.5) is 24.0 Å². The van der Waals surface area contributed by atoms with Gasteiger partial charge in [-0.25, -0.2) is 9.67 Å². The standard InChI is InChI=1S/C27H28F3N7O2S/c1-15(2)36(5)13-18-8-20(27(28,29)30)11-21(9-18)33-25(39)19-7-6-16(3)23(10-19)37-14-22(34-35-37)24-12-31-26(40-24)32-17(4)38/h6-12,14-15H,13H2,1-5H3,(H,33,39)(H,31,32,38). The van der Waals surface area contributed by atoms with Crippen molar-refractivity contribution in [3.8, 4) is 16.3 Å². The number of anilines is 2. The van der Waals surface area contributed by atoms with E-state index in [1.807, 2.05) is 32.7 Å². The summed E-state index contributed by atoms with van der Waals surface area (Å²) in [4.78, 5) is 31.1. The fraction of sp³-hybridized carbons (Fsp3) is 0.296. The summed E-state index contributed by atoms with van der Waals surface area (Å²) in [6, 6.07) is 8.63. The Morgan fingerprint density at radius 3 is 2.55 bits per heavy atom. The van der Waals surface area contributed by atoms with Crippen molar-refractivity contribution in [3.63, 3.8) is 0 Å². The van der Waals surface area contributed by atoms with Gasteiger partial charge in [-0.2, -0.15) is 13.2 Å². The molecule has 0 saturated carbocycles. The number of aromatic nitrogens is 4. The molecule has 0 radical (unpaired) electrons. The van der Waals surface area contributed by atoms with Crippen LogP contribution < -0.4 is 10.6 Å². The molecule has 4 aromatic rings. The van der Waals surface area contributed by atoms with Gasteiger partial charge in [0, 0.05) is 37.0 Å².